The maximum Gasteiger partial charge on any atom is 0.124 e. The highest BCUT2D eigenvalue weighted by Gasteiger charge is 2.30. The molecule has 1 aliphatic carbocycles. The molecule has 0 N–H and O–H groups in total. The van der Waals surface area contributed by atoms with E-state index in [1.807, 2.05) is 0 Å². The third-order valence-corrected chi connectivity index (χ3v) is 4.22. The Hall–Kier alpha value is -1.19. The van der Waals surface area contributed by atoms with Gasteiger partial charge in [-0.3, -0.25) is 9.80 Å². The molecule has 3 nitrogen and oxygen atoms in total. The van der Waals surface area contributed by atoms with Gasteiger partial charge in [0.15, 0.2) is 0 Å². The van der Waals surface area contributed by atoms with E-state index in [9.17, 15) is 4.79 Å². The summed E-state index contributed by atoms with van der Waals surface area (Å²) in [6.07, 6.45) is 4.32. The summed E-state index contributed by atoms with van der Waals surface area (Å²) in [6, 6.07) is 9.37. The summed E-state index contributed by atoms with van der Waals surface area (Å²) < 4.78 is 0. The van der Waals surface area contributed by atoms with E-state index in [0.717, 1.165) is 24.4 Å². The Kier molecular flexibility index (Phi) is 3.95. The molecular weight excluding hydrogens is 236 g/mol. The fraction of sp³-hybridized carbons (Fsp3) is 0.562. The molecule has 102 valence electrons. The minimum atomic E-state index is 0.528. The Morgan fingerprint density at radius 1 is 1.00 bits per heavy atom. The van der Waals surface area contributed by atoms with Crippen molar-refractivity contribution in [2.24, 2.45) is 0 Å². The second-order valence-electron chi connectivity index (χ2n) is 5.73. The normalized spacial score (nSPS) is 21.5. The van der Waals surface area contributed by atoms with Crippen LogP contribution in [0.4, 0.5) is 0 Å². The van der Waals surface area contributed by atoms with E-state index in [0.29, 0.717) is 6.42 Å². The van der Waals surface area contributed by atoms with Gasteiger partial charge < -0.3 is 4.79 Å². The molecule has 2 fully saturated rings. The highest BCUT2D eigenvalue weighted by molar-refractivity contribution is 5.54. The molecule has 3 heteroatoms. The third kappa shape index (κ3) is 3.43. The summed E-state index contributed by atoms with van der Waals surface area (Å²) in [4.78, 5) is 15.6. The van der Waals surface area contributed by atoms with Crippen LogP contribution in [0.1, 0.15) is 24.0 Å². The van der Waals surface area contributed by atoms with Crippen LogP contribution in [0, 0.1) is 0 Å². The molecular formula is C16H22N2O. The van der Waals surface area contributed by atoms with Gasteiger partial charge in [0.2, 0.25) is 0 Å². The summed E-state index contributed by atoms with van der Waals surface area (Å²) >= 11 is 0. The zero-order valence-corrected chi connectivity index (χ0v) is 11.4. The second kappa shape index (κ2) is 5.85. The van der Waals surface area contributed by atoms with Crippen LogP contribution >= 0.6 is 0 Å². The van der Waals surface area contributed by atoms with Crippen LogP contribution < -0.4 is 0 Å². The molecule has 1 saturated carbocycles. The van der Waals surface area contributed by atoms with Crippen LogP contribution in [0.3, 0.4) is 0 Å². The van der Waals surface area contributed by atoms with Gasteiger partial charge in [-0.05, 0) is 24.0 Å². The lowest BCUT2D eigenvalue weighted by Crippen LogP contribution is -2.46. The molecule has 0 amide bonds. The van der Waals surface area contributed by atoms with E-state index >= 15 is 0 Å². The lowest BCUT2D eigenvalue weighted by atomic mass is 10.1. The van der Waals surface area contributed by atoms with E-state index in [1.54, 1.807) is 0 Å². The van der Waals surface area contributed by atoms with E-state index in [2.05, 4.69) is 34.1 Å². The first kappa shape index (κ1) is 12.8. The van der Waals surface area contributed by atoms with Crippen molar-refractivity contribution < 1.29 is 4.79 Å². The van der Waals surface area contributed by atoms with Crippen LogP contribution in [0.2, 0.25) is 0 Å². The van der Waals surface area contributed by atoms with Crippen LogP contribution in [0.5, 0.6) is 0 Å². The lowest BCUT2D eigenvalue weighted by molar-refractivity contribution is -0.107. The molecule has 0 spiro atoms. The molecule has 0 atom stereocenters. The minimum absolute atomic E-state index is 0.528. The Morgan fingerprint density at radius 3 is 2.21 bits per heavy atom. The molecule has 19 heavy (non-hydrogen) atoms. The van der Waals surface area contributed by atoms with Gasteiger partial charge >= 0.3 is 0 Å². The van der Waals surface area contributed by atoms with Crippen molar-refractivity contribution in [1.82, 2.24) is 9.80 Å². The Morgan fingerprint density at radius 2 is 1.63 bits per heavy atom. The molecule has 0 unspecified atom stereocenters. The summed E-state index contributed by atoms with van der Waals surface area (Å²) in [5, 5.41) is 0. The predicted octanol–water partition coefficient (Wildman–Crippen LogP) is 1.71. The van der Waals surface area contributed by atoms with Crippen LogP contribution in [-0.2, 0) is 17.8 Å². The van der Waals surface area contributed by atoms with Gasteiger partial charge in [0, 0.05) is 45.2 Å². The van der Waals surface area contributed by atoms with Crippen molar-refractivity contribution in [3.63, 3.8) is 0 Å². The first-order valence-electron chi connectivity index (χ1n) is 7.33. The van der Waals surface area contributed by atoms with Gasteiger partial charge in [0.1, 0.15) is 6.29 Å². The van der Waals surface area contributed by atoms with Gasteiger partial charge in [-0.25, -0.2) is 0 Å². The number of nitrogens with zero attached hydrogens (tertiary/aromatic N) is 2. The molecule has 0 bridgehead atoms. The number of benzene rings is 1. The Balaban J connectivity index is 1.49. The van der Waals surface area contributed by atoms with E-state index in [-0.39, 0.29) is 0 Å². The molecule has 1 aromatic carbocycles. The van der Waals surface area contributed by atoms with Gasteiger partial charge in [-0.1, -0.05) is 24.3 Å². The molecule has 1 saturated heterocycles. The highest BCUT2D eigenvalue weighted by Crippen LogP contribution is 2.27. The summed E-state index contributed by atoms with van der Waals surface area (Å²) in [5.74, 6) is 0. The first-order valence-corrected chi connectivity index (χ1v) is 7.33. The summed E-state index contributed by atoms with van der Waals surface area (Å²) in [7, 11) is 0. The average Bonchev–Trinajstić information content (AvgIpc) is 3.27. The Labute approximate surface area is 115 Å². The molecule has 0 aromatic heterocycles. The zero-order chi connectivity index (χ0) is 13.1. The predicted molar refractivity (Wildman–Crippen MR) is 76.1 cm³/mol. The van der Waals surface area contributed by atoms with Gasteiger partial charge in [0.05, 0.1) is 0 Å². The number of piperazine rings is 1. The maximum absolute atomic E-state index is 10.5. The third-order valence-electron chi connectivity index (χ3n) is 4.22. The van der Waals surface area contributed by atoms with Crippen molar-refractivity contribution in [2.75, 3.05) is 26.2 Å². The standard InChI is InChI=1S/C16H22N2O/c19-12-7-14-1-3-15(4-2-14)13-17-8-10-18(11-9-17)16-5-6-16/h1-4,12,16H,5-11,13H2. The number of carbonyl (C=O) groups is 1. The van der Waals surface area contributed by atoms with Crippen LogP contribution in [0.25, 0.3) is 0 Å². The maximum atomic E-state index is 10.5. The van der Waals surface area contributed by atoms with Crippen molar-refractivity contribution in [1.29, 1.82) is 0 Å². The van der Waals surface area contributed by atoms with Crippen molar-refractivity contribution >= 4 is 6.29 Å². The number of hydrogen-bond acceptors (Lipinski definition) is 3. The molecule has 1 heterocycles. The van der Waals surface area contributed by atoms with E-state index in [4.69, 9.17) is 0 Å². The SMILES string of the molecule is O=CCc1ccc(CN2CCN(C3CC3)CC2)cc1. The lowest BCUT2D eigenvalue weighted by Gasteiger charge is -2.34. The zero-order valence-electron chi connectivity index (χ0n) is 11.4. The highest BCUT2D eigenvalue weighted by atomic mass is 16.1. The van der Waals surface area contributed by atoms with Crippen LogP contribution in [0.15, 0.2) is 24.3 Å². The summed E-state index contributed by atoms with van der Waals surface area (Å²) in [6.45, 7) is 5.88. The fourth-order valence-electron chi connectivity index (χ4n) is 2.86. The Bertz CT molecular complexity index is 417. The van der Waals surface area contributed by atoms with Gasteiger partial charge in [-0.15, -0.1) is 0 Å². The van der Waals surface area contributed by atoms with Gasteiger partial charge in [-0.2, -0.15) is 0 Å². The van der Waals surface area contributed by atoms with Gasteiger partial charge in [0.25, 0.3) is 0 Å². The first-order chi connectivity index (χ1) is 9.35. The van der Waals surface area contributed by atoms with E-state index in [1.165, 1.54) is 44.6 Å². The van der Waals surface area contributed by atoms with Crippen molar-refractivity contribution in [3.8, 4) is 0 Å². The van der Waals surface area contributed by atoms with Crippen LogP contribution in [-0.4, -0.2) is 48.3 Å². The number of carbonyl (C=O) groups excluding carboxylic acids is 1. The van der Waals surface area contributed by atoms with E-state index < -0.39 is 0 Å². The number of hydrogen-bond donors (Lipinski definition) is 0. The minimum Gasteiger partial charge on any atom is -0.303 e. The van der Waals surface area contributed by atoms with Crippen molar-refractivity contribution in [3.05, 3.63) is 35.4 Å². The molecule has 2 aliphatic rings. The topological polar surface area (TPSA) is 23.6 Å². The quantitative estimate of drug-likeness (QED) is 0.751. The fourth-order valence-corrected chi connectivity index (χ4v) is 2.86. The number of rotatable bonds is 5. The monoisotopic (exact) mass is 258 g/mol. The molecule has 3 rings (SSSR count). The van der Waals surface area contributed by atoms with Crippen molar-refractivity contribution in [2.45, 2.75) is 31.8 Å². The molecule has 1 aromatic rings. The summed E-state index contributed by atoms with van der Waals surface area (Å²) in [5.41, 5.74) is 2.46. The number of aldehydes is 1. The second-order valence-corrected chi connectivity index (χ2v) is 5.73. The molecule has 0 radical (unpaired) electrons. The molecule has 1 aliphatic heterocycles. The average molecular weight is 258 g/mol. The smallest absolute Gasteiger partial charge is 0.124 e. The largest absolute Gasteiger partial charge is 0.303 e.